The first-order valence-corrected chi connectivity index (χ1v) is 10.1. The number of nitrogens with one attached hydrogen (secondary N) is 1. The molecule has 30 heavy (non-hydrogen) atoms. The van der Waals surface area contributed by atoms with E-state index < -0.39 is 12.1 Å². The number of rotatable bonds is 7. The van der Waals surface area contributed by atoms with Crippen molar-refractivity contribution in [1.82, 2.24) is 10.3 Å². The standard InChI is InChI=1S/C24H24N2O4/c1-15(2)11-22(23-25-16(12-27)13-29-23)26-24(28)30-14-21-19-9-5-3-7-17(19)18-8-4-6-10-20(18)21/h3-10,12-13,15,21-22H,11,14H2,1-2H3,(H,26,28)/t22-/m0/s1. The third kappa shape index (κ3) is 3.99. The normalized spacial score (nSPS) is 13.6. The number of carbonyl (C=O) groups is 2. The van der Waals surface area contributed by atoms with E-state index in [-0.39, 0.29) is 24.1 Å². The van der Waals surface area contributed by atoms with Crippen LogP contribution in [0.2, 0.25) is 0 Å². The highest BCUT2D eigenvalue weighted by Crippen LogP contribution is 2.44. The maximum Gasteiger partial charge on any atom is 0.407 e. The highest BCUT2D eigenvalue weighted by Gasteiger charge is 2.29. The Bertz CT molecular complexity index is 1010. The summed E-state index contributed by atoms with van der Waals surface area (Å²) in [7, 11) is 0. The van der Waals surface area contributed by atoms with E-state index in [0.717, 1.165) is 11.1 Å². The van der Waals surface area contributed by atoms with Gasteiger partial charge in [-0.05, 0) is 34.6 Å². The van der Waals surface area contributed by atoms with Gasteiger partial charge in [-0.15, -0.1) is 0 Å². The molecule has 0 saturated carbocycles. The summed E-state index contributed by atoms with van der Waals surface area (Å²) in [6.07, 6.45) is 1.98. The summed E-state index contributed by atoms with van der Waals surface area (Å²) in [4.78, 5) is 27.6. The Hall–Kier alpha value is -3.41. The molecule has 0 aliphatic heterocycles. The highest BCUT2D eigenvalue weighted by atomic mass is 16.5. The molecular weight excluding hydrogens is 380 g/mol. The molecule has 0 saturated heterocycles. The number of nitrogens with zero attached hydrogens (tertiary/aromatic N) is 1. The number of amides is 1. The number of alkyl carbamates (subject to hydrolysis) is 1. The zero-order valence-corrected chi connectivity index (χ0v) is 17.0. The summed E-state index contributed by atoms with van der Waals surface area (Å²) in [5.74, 6) is 0.588. The molecule has 1 heterocycles. The van der Waals surface area contributed by atoms with Crippen LogP contribution in [0.25, 0.3) is 11.1 Å². The van der Waals surface area contributed by atoms with E-state index in [9.17, 15) is 9.59 Å². The molecule has 1 aromatic heterocycles. The van der Waals surface area contributed by atoms with Crippen molar-refractivity contribution in [3.63, 3.8) is 0 Å². The van der Waals surface area contributed by atoms with Gasteiger partial charge in [-0.3, -0.25) is 4.79 Å². The molecule has 1 aliphatic carbocycles. The van der Waals surface area contributed by atoms with Crippen molar-refractivity contribution in [1.29, 1.82) is 0 Å². The summed E-state index contributed by atoms with van der Waals surface area (Å²) in [6.45, 7) is 4.31. The van der Waals surface area contributed by atoms with Crippen LogP contribution in [0.4, 0.5) is 4.79 Å². The number of ether oxygens (including phenoxy) is 1. The molecule has 3 aromatic rings. The smallest absolute Gasteiger partial charge is 0.407 e. The van der Waals surface area contributed by atoms with Gasteiger partial charge in [0.05, 0.1) is 0 Å². The van der Waals surface area contributed by atoms with Crippen LogP contribution in [-0.4, -0.2) is 24.0 Å². The molecule has 6 heteroatoms. The summed E-state index contributed by atoms with van der Waals surface area (Å²) in [5.41, 5.74) is 4.89. The Morgan fingerprint density at radius 1 is 1.13 bits per heavy atom. The Balaban J connectivity index is 1.47. The minimum absolute atomic E-state index is 0.00453. The molecule has 1 amide bonds. The zero-order chi connectivity index (χ0) is 21.1. The van der Waals surface area contributed by atoms with Gasteiger partial charge in [0.25, 0.3) is 0 Å². The summed E-state index contributed by atoms with van der Waals surface area (Å²) in [5, 5.41) is 2.84. The molecule has 4 rings (SSSR count). The molecule has 2 aromatic carbocycles. The SMILES string of the molecule is CC(C)C[C@H](NC(=O)OCC1c2ccccc2-c2ccccc21)c1nc(C=O)co1. The molecule has 0 unspecified atom stereocenters. The number of hydrogen-bond donors (Lipinski definition) is 1. The number of oxazole rings is 1. The number of fused-ring (bicyclic) bond motifs is 3. The fraction of sp³-hybridized carbons (Fsp3) is 0.292. The van der Waals surface area contributed by atoms with Gasteiger partial charge in [-0.1, -0.05) is 62.4 Å². The molecule has 1 aliphatic rings. The van der Waals surface area contributed by atoms with Crippen molar-refractivity contribution in [3.05, 3.63) is 77.5 Å². The minimum Gasteiger partial charge on any atom is -0.449 e. The summed E-state index contributed by atoms with van der Waals surface area (Å²) >= 11 is 0. The van der Waals surface area contributed by atoms with Gasteiger partial charge >= 0.3 is 6.09 Å². The average molecular weight is 404 g/mol. The van der Waals surface area contributed by atoms with Crippen molar-refractivity contribution in [2.45, 2.75) is 32.2 Å². The van der Waals surface area contributed by atoms with E-state index >= 15 is 0 Å². The van der Waals surface area contributed by atoms with Crippen molar-refractivity contribution in [3.8, 4) is 11.1 Å². The number of carbonyl (C=O) groups excluding carboxylic acids is 2. The van der Waals surface area contributed by atoms with Gasteiger partial charge in [0, 0.05) is 5.92 Å². The first-order chi connectivity index (χ1) is 14.6. The highest BCUT2D eigenvalue weighted by molar-refractivity contribution is 5.79. The maximum absolute atomic E-state index is 12.6. The molecule has 0 radical (unpaired) electrons. The summed E-state index contributed by atoms with van der Waals surface area (Å²) in [6, 6.07) is 15.9. The molecule has 154 valence electrons. The van der Waals surface area contributed by atoms with E-state index in [2.05, 4.69) is 34.6 Å². The number of aldehydes is 1. The van der Waals surface area contributed by atoms with Crippen LogP contribution in [0, 0.1) is 5.92 Å². The van der Waals surface area contributed by atoms with Crippen LogP contribution in [0.5, 0.6) is 0 Å². The lowest BCUT2D eigenvalue weighted by Gasteiger charge is -2.19. The second-order valence-electron chi connectivity index (χ2n) is 7.88. The first-order valence-electron chi connectivity index (χ1n) is 10.1. The van der Waals surface area contributed by atoms with Gasteiger partial charge in [0.15, 0.2) is 6.29 Å². The van der Waals surface area contributed by atoms with E-state index in [1.807, 2.05) is 38.1 Å². The van der Waals surface area contributed by atoms with Crippen LogP contribution in [-0.2, 0) is 4.74 Å². The molecule has 0 spiro atoms. The Kier molecular flexibility index (Phi) is 5.65. The van der Waals surface area contributed by atoms with Gasteiger partial charge < -0.3 is 14.5 Å². The second-order valence-corrected chi connectivity index (χ2v) is 7.88. The molecule has 1 atom stereocenters. The Labute approximate surface area is 175 Å². The quantitative estimate of drug-likeness (QED) is 0.553. The lowest BCUT2D eigenvalue weighted by Crippen LogP contribution is -2.31. The predicted molar refractivity (Wildman–Crippen MR) is 112 cm³/mol. The van der Waals surface area contributed by atoms with E-state index in [0.29, 0.717) is 18.6 Å². The van der Waals surface area contributed by atoms with Crippen LogP contribution in [0.1, 0.15) is 59.7 Å². The number of benzene rings is 2. The molecule has 6 nitrogen and oxygen atoms in total. The van der Waals surface area contributed by atoms with Gasteiger partial charge in [-0.25, -0.2) is 9.78 Å². The third-order valence-electron chi connectivity index (χ3n) is 5.30. The van der Waals surface area contributed by atoms with Crippen LogP contribution < -0.4 is 5.32 Å². The Morgan fingerprint density at radius 2 is 1.77 bits per heavy atom. The van der Waals surface area contributed by atoms with Crippen LogP contribution in [0.15, 0.2) is 59.2 Å². The van der Waals surface area contributed by atoms with Crippen LogP contribution in [0.3, 0.4) is 0 Å². The second kappa shape index (κ2) is 8.53. The lowest BCUT2D eigenvalue weighted by atomic mass is 9.98. The van der Waals surface area contributed by atoms with Gasteiger partial charge in [-0.2, -0.15) is 0 Å². The van der Waals surface area contributed by atoms with Crippen LogP contribution >= 0.6 is 0 Å². The van der Waals surface area contributed by atoms with E-state index in [1.165, 1.54) is 17.4 Å². The molecule has 0 bridgehead atoms. The molecule has 0 fully saturated rings. The van der Waals surface area contributed by atoms with E-state index in [1.54, 1.807) is 0 Å². The fourth-order valence-corrected chi connectivity index (χ4v) is 3.99. The zero-order valence-electron chi connectivity index (χ0n) is 17.0. The maximum atomic E-state index is 12.6. The summed E-state index contributed by atoms with van der Waals surface area (Å²) < 4.78 is 11.0. The Morgan fingerprint density at radius 3 is 2.33 bits per heavy atom. The first kappa shape index (κ1) is 19.9. The lowest BCUT2D eigenvalue weighted by molar-refractivity contribution is 0.111. The van der Waals surface area contributed by atoms with E-state index in [4.69, 9.17) is 9.15 Å². The number of hydrogen-bond acceptors (Lipinski definition) is 5. The predicted octanol–water partition coefficient (Wildman–Crippen LogP) is 5.11. The topological polar surface area (TPSA) is 81.4 Å². The third-order valence-corrected chi connectivity index (χ3v) is 5.30. The van der Waals surface area contributed by atoms with Crippen molar-refractivity contribution < 1.29 is 18.7 Å². The largest absolute Gasteiger partial charge is 0.449 e. The van der Waals surface area contributed by atoms with Crippen molar-refractivity contribution in [2.75, 3.05) is 6.61 Å². The van der Waals surface area contributed by atoms with Gasteiger partial charge in [0.1, 0.15) is 24.6 Å². The van der Waals surface area contributed by atoms with Gasteiger partial charge in [0.2, 0.25) is 5.89 Å². The van der Waals surface area contributed by atoms with Crippen molar-refractivity contribution in [2.24, 2.45) is 5.92 Å². The van der Waals surface area contributed by atoms with Crippen molar-refractivity contribution >= 4 is 12.4 Å². The fourth-order valence-electron chi connectivity index (χ4n) is 3.99. The number of aromatic nitrogens is 1. The minimum atomic E-state index is -0.534. The average Bonchev–Trinajstić information content (AvgIpc) is 3.35. The molecular formula is C24H24N2O4. The molecule has 1 N–H and O–H groups in total. The monoisotopic (exact) mass is 404 g/mol.